The minimum atomic E-state index is -1.55. The lowest BCUT2D eigenvalue weighted by atomic mass is 9.90. The van der Waals surface area contributed by atoms with Gasteiger partial charge in [0.1, 0.15) is 49.0 Å². The van der Waals surface area contributed by atoms with Crippen LogP contribution >= 0.6 is 0 Å². The van der Waals surface area contributed by atoms with E-state index in [1.54, 1.807) is 0 Å². The quantitative estimate of drug-likeness (QED) is 0.0535. The Morgan fingerprint density at radius 2 is 1.30 bits per heavy atom. The molecule has 12 heteroatoms. The van der Waals surface area contributed by atoms with E-state index in [0.29, 0.717) is 0 Å². The summed E-state index contributed by atoms with van der Waals surface area (Å²) >= 11 is 0. The van der Waals surface area contributed by atoms with E-state index in [-0.39, 0.29) is 25.0 Å². The van der Waals surface area contributed by atoms with E-state index in [4.69, 9.17) is 18.9 Å². The Hall–Kier alpha value is -1.03. The Bertz CT molecular complexity index is 797. The van der Waals surface area contributed by atoms with Gasteiger partial charge in [0.25, 0.3) is 0 Å². The minimum Gasteiger partial charge on any atom is -0.394 e. The third-order valence-corrected chi connectivity index (χ3v) is 8.86. The van der Waals surface area contributed by atoms with Crippen molar-refractivity contribution in [3.63, 3.8) is 0 Å². The summed E-state index contributed by atoms with van der Waals surface area (Å²) in [5.74, 6) is -1.13. The molecule has 2 aliphatic heterocycles. The van der Waals surface area contributed by atoms with Gasteiger partial charge in [-0.2, -0.15) is 0 Å². The maximum atomic E-state index is 11.8. The molecule has 2 rings (SSSR count). The number of allylic oxidation sites excluding steroid dienone is 1. The zero-order valence-corrected chi connectivity index (χ0v) is 26.6. The number of carbonyl (C=O) groups is 1. The van der Waals surface area contributed by atoms with E-state index < -0.39 is 80.4 Å². The van der Waals surface area contributed by atoms with Gasteiger partial charge in [-0.1, -0.05) is 70.9 Å². The zero-order valence-electron chi connectivity index (χ0n) is 26.6. The van der Waals surface area contributed by atoms with Gasteiger partial charge in [0.2, 0.25) is 0 Å². The molecule has 0 spiro atoms. The van der Waals surface area contributed by atoms with E-state index in [2.05, 4.69) is 13.8 Å². The molecule has 0 aromatic heterocycles. The van der Waals surface area contributed by atoms with Gasteiger partial charge < -0.3 is 59.5 Å². The van der Waals surface area contributed by atoms with Gasteiger partial charge in [-0.15, -0.1) is 0 Å². The highest BCUT2D eigenvalue weighted by Gasteiger charge is 2.47. The van der Waals surface area contributed by atoms with Crippen molar-refractivity contribution >= 4 is 6.29 Å². The molecule has 0 aromatic carbocycles. The van der Waals surface area contributed by atoms with Gasteiger partial charge in [0.05, 0.1) is 44.6 Å². The zero-order chi connectivity index (χ0) is 32.6. The number of hydrogen-bond acceptors (Lipinski definition) is 12. The normalized spacial score (nSPS) is 35.0. The molecule has 2 heterocycles. The molecule has 258 valence electrons. The van der Waals surface area contributed by atoms with E-state index in [0.717, 1.165) is 64.1 Å². The van der Waals surface area contributed by atoms with Crippen molar-refractivity contribution in [1.82, 2.24) is 0 Å². The summed E-state index contributed by atoms with van der Waals surface area (Å²) in [6, 6.07) is 0. The number of unbranched alkanes of at least 4 members (excludes halogenated alkanes) is 5. The lowest BCUT2D eigenvalue weighted by Gasteiger charge is -2.44. The van der Waals surface area contributed by atoms with Gasteiger partial charge in [0, 0.05) is 11.8 Å². The van der Waals surface area contributed by atoms with Crippen LogP contribution in [0.5, 0.6) is 0 Å². The lowest BCUT2D eigenvalue weighted by Crippen LogP contribution is -2.60. The average molecular weight is 635 g/mol. The summed E-state index contributed by atoms with van der Waals surface area (Å²) in [7, 11) is 0. The number of aldehydes is 1. The van der Waals surface area contributed by atoms with Gasteiger partial charge in [-0.05, 0) is 19.8 Å². The molecule has 12 nitrogen and oxygen atoms in total. The van der Waals surface area contributed by atoms with Crippen LogP contribution in [0.25, 0.3) is 0 Å². The molecule has 0 aliphatic carbocycles. The molecule has 13 unspecified atom stereocenters. The highest BCUT2D eigenvalue weighted by Crippen LogP contribution is 2.31. The SMILES string of the molecule is CCCCCCC(C=O)C=CC(CCCCC)C(C)OC1OC(CO)C(O)C(O)C1COCC1OC(CO)C(O)C(O)C1O. The van der Waals surface area contributed by atoms with Crippen molar-refractivity contribution in [2.24, 2.45) is 17.8 Å². The van der Waals surface area contributed by atoms with Crippen LogP contribution in [0, 0.1) is 17.8 Å². The molecule has 0 amide bonds. The number of carbonyl (C=O) groups excluding carboxylic acids is 1. The fraction of sp³-hybridized carbons (Fsp3) is 0.906. The van der Waals surface area contributed by atoms with Gasteiger partial charge in [0.15, 0.2) is 6.29 Å². The van der Waals surface area contributed by atoms with E-state index in [1.807, 2.05) is 19.1 Å². The van der Waals surface area contributed by atoms with Crippen molar-refractivity contribution in [3.05, 3.63) is 12.2 Å². The second kappa shape index (κ2) is 21.0. The Kier molecular flexibility index (Phi) is 18.7. The number of aliphatic hydroxyl groups excluding tert-OH is 7. The first-order valence-corrected chi connectivity index (χ1v) is 16.4. The number of aliphatic hydroxyl groups is 7. The van der Waals surface area contributed by atoms with Gasteiger partial charge in [-0.25, -0.2) is 0 Å². The Morgan fingerprint density at radius 3 is 1.93 bits per heavy atom. The molecule has 7 N–H and O–H groups in total. The Balaban J connectivity index is 2.12. The van der Waals surface area contributed by atoms with Gasteiger partial charge in [-0.3, -0.25) is 0 Å². The monoisotopic (exact) mass is 634 g/mol. The summed E-state index contributed by atoms with van der Waals surface area (Å²) < 4.78 is 23.5. The van der Waals surface area contributed by atoms with E-state index >= 15 is 0 Å². The van der Waals surface area contributed by atoms with Crippen LogP contribution < -0.4 is 0 Å². The fourth-order valence-corrected chi connectivity index (χ4v) is 5.82. The minimum absolute atomic E-state index is 0.0597. The van der Waals surface area contributed by atoms with E-state index in [9.17, 15) is 40.5 Å². The summed E-state index contributed by atoms with van der Waals surface area (Å²) in [4.78, 5) is 11.8. The highest BCUT2D eigenvalue weighted by atomic mass is 16.7. The Morgan fingerprint density at radius 1 is 0.705 bits per heavy atom. The third-order valence-electron chi connectivity index (χ3n) is 8.86. The van der Waals surface area contributed by atoms with Crippen LogP contribution in [0.15, 0.2) is 12.2 Å². The molecule has 0 bridgehead atoms. The molecule has 2 fully saturated rings. The maximum absolute atomic E-state index is 11.8. The van der Waals surface area contributed by atoms with Crippen LogP contribution in [-0.4, -0.2) is 130 Å². The second-order valence-electron chi connectivity index (χ2n) is 12.3. The lowest BCUT2D eigenvalue weighted by molar-refractivity contribution is -0.306. The first-order chi connectivity index (χ1) is 21.1. The highest BCUT2D eigenvalue weighted by molar-refractivity contribution is 5.56. The van der Waals surface area contributed by atoms with Crippen molar-refractivity contribution < 1.29 is 59.5 Å². The smallest absolute Gasteiger partial charge is 0.166 e. The molecule has 13 atom stereocenters. The number of hydrogen-bond donors (Lipinski definition) is 7. The molecule has 44 heavy (non-hydrogen) atoms. The van der Waals surface area contributed by atoms with Crippen molar-refractivity contribution in [1.29, 1.82) is 0 Å². The molecular formula is C32H58O12. The number of ether oxygens (including phenoxy) is 4. The summed E-state index contributed by atoms with van der Waals surface area (Å²) in [5, 5.41) is 71.2. The third kappa shape index (κ3) is 11.6. The second-order valence-corrected chi connectivity index (χ2v) is 12.3. The average Bonchev–Trinajstić information content (AvgIpc) is 3.02. The molecular weight excluding hydrogens is 576 g/mol. The van der Waals surface area contributed by atoms with Gasteiger partial charge >= 0.3 is 0 Å². The van der Waals surface area contributed by atoms with Crippen LogP contribution in [0.4, 0.5) is 0 Å². The van der Waals surface area contributed by atoms with Crippen LogP contribution in [0.3, 0.4) is 0 Å². The van der Waals surface area contributed by atoms with Crippen molar-refractivity contribution in [3.8, 4) is 0 Å². The van der Waals surface area contributed by atoms with Crippen LogP contribution in [-0.2, 0) is 23.7 Å². The fourth-order valence-electron chi connectivity index (χ4n) is 5.82. The topological polar surface area (TPSA) is 196 Å². The number of rotatable bonds is 21. The first kappa shape index (κ1) is 39.1. The van der Waals surface area contributed by atoms with Crippen LogP contribution in [0.2, 0.25) is 0 Å². The Labute approximate surface area is 262 Å². The molecule has 0 aromatic rings. The summed E-state index contributed by atoms with van der Waals surface area (Å²) in [6.45, 7) is 4.61. The summed E-state index contributed by atoms with van der Waals surface area (Å²) in [5.41, 5.74) is 0. The first-order valence-electron chi connectivity index (χ1n) is 16.4. The predicted octanol–water partition coefficient (Wildman–Crippen LogP) is 0.844. The summed E-state index contributed by atoms with van der Waals surface area (Å²) in [6.07, 6.45) is 1.95. The van der Waals surface area contributed by atoms with Crippen LogP contribution in [0.1, 0.15) is 78.6 Å². The molecule has 0 saturated carbocycles. The standard InChI is InChI=1S/C32H58O12/c1-4-6-8-10-11-21(15-33)13-14-22(12-9-7-5-2)20(3)42-32-23(27(36)28(37)25(17-35)44-32)18-41-19-26-30(39)31(40)29(38)24(16-34)43-26/h13-15,20-32,34-40H,4-12,16-19H2,1-3H3. The molecule has 2 saturated heterocycles. The largest absolute Gasteiger partial charge is 0.394 e. The molecule has 2 aliphatic rings. The van der Waals surface area contributed by atoms with Crippen molar-refractivity contribution in [2.75, 3.05) is 26.4 Å². The maximum Gasteiger partial charge on any atom is 0.166 e. The van der Waals surface area contributed by atoms with E-state index in [1.165, 1.54) is 0 Å². The van der Waals surface area contributed by atoms with Crippen molar-refractivity contribution in [2.45, 2.75) is 140 Å². The predicted molar refractivity (Wildman–Crippen MR) is 161 cm³/mol. The molecule has 0 radical (unpaired) electrons.